The Morgan fingerprint density at radius 3 is 2.68 bits per heavy atom. The average Bonchev–Trinajstić information content (AvgIpc) is 3.04. The molecule has 1 amide bonds. The molecule has 1 aliphatic carbocycles. The van der Waals surface area contributed by atoms with Crippen LogP contribution < -0.4 is 4.90 Å². The van der Waals surface area contributed by atoms with Gasteiger partial charge in [0, 0.05) is 31.9 Å². The van der Waals surface area contributed by atoms with Gasteiger partial charge in [0.1, 0.15) is 5.82 Å². The van der Waals surface area contributed by atoms with Gasteiger partial charge in [0.2, 0.25) is 5.91 Å². The summed E-state index contributed by atoms with van der Waals surface area (Å²) in [4.78, 5) is 33.7. The maximum atomic E-state index is 13.4. The van der Waals surface area contributed by atoms with Gasteiger partial charge in [-0.3, -0.25) is 4.79 Å². The van der Waals surface area contributed by atoms with Crippen LogP contribution in [0.4, 0.5) is 5.82 Å². The van der Waals surface area contributed by atoms with E-state index in [4.69, 9.17) is 4.74 Å². The Hall–Kier alpha value is -2.15. The number of hydrogen-bond donors (Lipinski definition) is 1. The number of piperidine rings is 1. The van der Waals surface area contributed by atoms with E-state index < -0.39 is 5.97 Å². The van der Waals surface area contributed by atoms with Gasteiger partial charge in [-0.25, -0.2) is 9.78 Å². The van der Waals surface area contributed by atoms with Crippen LogP contribution in [0, 0.1) is 5.41 Å². The Balaban J connectivity index is 1.46. The minimum atomic E-state index is -0.395. The summed E-state index contributed by atoms with van der Waals surface area (Å²) in [6.07, 6.45) is 7.52. The number of ether oxygens (including phenoxy) is 1. The topological polar surface area (TPSA) is 83.0 Å². The van der Waals surface area contributed by atoms with Crippen LogP contribution in [0.3, 0.4) is 0 Å². The summed E-state index contributed by atoms with van der Waals surface area (Å²) in [5.41, 5.74) is 0.109. The van der Waals surface area contributed by atoms with Gasteiger partial charge >= 0.3 is 5.97 Å². The predicted octanol–water partition coefficient (Wildman–Crippen LogP) is 1.99. The maximum Gasteiger partial charge on any atom is 0.339 e. The van der Waals surface area contributed by atoms with E-state index in [2.05, 4.69) is 14.8 Å². The lowest BCUT2D eigenvalue weighted by atomic mass is 9.78. The van der Waals surface area contributed by atoms with E-state index in [9.17, 15) is 14.7 Å². The molecule has 1 unspecified atom stereocenters. The molecule has 28 heavy (non-hydrogen) atoms. The van der Waals surface area contributed by atoms with E-state index in [-0.39, 0.29) is 23.5 Å². The third-order valence-electron chi connectivity index (χ3n) is 6.72. The molecule has 0 aromatic carbocycles. The van der Waals surface area contributed by atoms with Crippen molar-refractivity contribution in [3.8, 4) is 0 Å². The number of esters is 1. The normalized spacial score (nSPS) is 30.7. The number of likely N-dealkylation sites (tertiary alicyclic amines) is 1. The zero-order valence-corrected chi connectivity index (χ0v) is 16.5. The number of anilines is 1. The van der Waals surface area contributed by atoms with Crippen molar-refractivity contribution in [3.05, 3.63) is 23.9 Å². The van der Waals surface area contributed by atoms with Gasteiger partial charge in [0.05, 0.1) is 24.2 Å². The molecule has 4 rings (SSSR count). The van der Waals surface area contributed by atoms with Crippen molar-refractivity contribution in [2.75, 3.05) is 31.6 Å². The zero-order valence-electron chi connectivity index (χ0n) is 16.5. The summed E-state index contributed by atoms with van der Waals surface area (Å²) < 4.78 is 4.73. The number of nitrogens with zero attached hydrogens (tertiary/aromatic N) is 3. The molecule has 2 aliphatic heterocycles. The van der Waals surface area contributed by atoms with E-state index in [0.29, 0.717) is 12.1 Å². The van der Waals surface area contributed by atoms with E-state index in [1.165, 1.54) is 7.11 Å². The van der Waals surface area contributed by atoms with E-state index in [1.54, 1.807) is 12.3 Å². The number of rotatable bonds is 3. The van der Waals surface area contributed by atoms with Crippen molar-refractivity contribution >= 4 is 17.7 Å². The van der Waals surface area contributed by atoms with Crippen LogP contribution in [0.2, 0.25) is 0 Å². The molecule has 1 aromatic heterocycles. The first-order valence-electron chi connectivity index (χ1n) is 10.3. The van der Waals surface area contributed by atoms with Crippen molar-refractivity contribution < 1.29 is 19.4 Å². The number of aliphatic hydroxyl groups excluding tert-OH is 1. The number of carbonyl (C=O) groups excluding carboxylic acids is 2. The highest BCUT2D eigenvalue weighted by molar-refractivity contribution is 5.89. The molecular formula is C21H29N3O4. The average molecular weight is 387 g/mol. The minimum absolute atomic E-state index is 0.202. The lowest BCUT2D eigenvalue weighted by molar-refractivity contribution is -0.139. The first kappa shape index (κ1) is 19.2. The van der Waals surface area contributed by atoms with Gasteiger partial charge in [-0.2, -0.15) is 0 Å². The second kappa shape index (κ2) is 7.70. The molecule has 152 valence electrons. The number of carbonyl (C=O) groups is 2. The third-order valence-corrected chi connectivity index (χ3v) is 6.72. The molecule has 1 N–H and O–H groups in total. The molecule has 2 saturated heterocycles. The maximum absolute atomic E-state index is 13.4. The monoisotopic (exact) mass is 387 g/mol. The highest BCUT2D eigenvalue weighted by Gasteiger charge is 2.50. The molecule has 0 bridgehead atoms. The Kier molecular flexibility index (Phi) is 5.27. The van der Waals surface area contributed by atoms with Gasteiger partial charge < -0.3 is 19.6 Å². The van der Waals surface area contributed by atoms with Crippen LogP contribution in [-0.4, -0.2) is 65.8 Å². The van der Waals surface area contributed by atoms with Gasteiger partial charge in [-0.1, -0.05) is 0 Å². The van der Waals surface area contributed by atoms with Crippen LogP contribution in [0.25, 0.3) is 0 Å². The zero-order chi connectivity index (χ0) is 19.7. The summed E-state index contributed by atoms with van der Waals surface area (Å²) in [6.45, 7) is 2.37. The van der Waals surface area contributed by atoms with Crippen LogP contribution >= 0.6 is 0 Å². The summed E-state index contributed by atoms with van der Waals surface area (Å²) in [7, 11) is 1.36. The van der Waals surface area contributed by atoms with Gasteiger partial charge in [0.25, 0.3) is 0 Å². The minimum Gasteiger partial charge on any atom is -0.465 e. The number of hydrogen-bond acceptors (Lipinski definition) is 6. The highest BCUT2D eigenvalue weighted by atomic mass is 16.5. The van der Waals surface area contributed by atoms with Crippen LogP contribution in [0.1, 0.15) is 55.3 Å². The summed E-state index contributed by atoms with van der Waals surface area (Å²) >= 11 is 0. The van der Waals surface area contributed by atoms with Gasteiger partial charge in [-0.05, 0) is 57.1 Å². The lowest BCUT2D eigenvalue weighted by Gasteiger charge is -2.41. The Labute approximate surface area is 165 Å². The quantitative estimate of drug-likeness (QED) is 0.799. The summed E-state index contributed by atoms with van der Waals surface area (Å²) in [5.74, 6) is 0.692. The molecule has 1 aromatic rings. The van der Waals surface area contributed by atoms with Crippen molar-refractivity contribution in [1.82, 2.24) is 9.88 Å². The first-order valence-corrected chi connectivity index (χ1v) is 10.3. The second-order valence-electron chi connectivity index (χ2n) is 8.41. The second-order valence-corrected chi connectivity index (χ2v) is 8.41. The molecule has 3 aliphatic rings. The Bertz CT molecular complexity index is 730. The van der Waals surface area contributed by atoms with Crippen LogP contribution in [0.5, 0.6) is 0 Å². The molecule has 7 nitrogen and oxygen atoms in total. The summed E-state index contributed by atoms with van der Waals surface area (Å²) in [6, 6.07) is 3.85. The van der Waals surface area contributed by atoms with Crippen LogP contribution in [-0.2, 0) is 9.53 Å². The van der Waals surface area contributed by atoms with Crippen molar-refractivity contribution in [3.63, 3.8) is 0 Å². The van der Waals surface area contributed by atoms with Crippen molar-refractivity contribution in [1.29, 1.82) is 0 Å². The van der Waals surface area contributed by atoms with Crippen LogP contribution in [0.15, 0.2) is 18.3 Å². The molecule has 7 heteroatoms. The first-order chi connectivity index (χ1) is 13.5. The largest absolute Gasteiger partial charge is 0.465 e. The number of aliphatic hydroxyl groups is 1. The van der Waals surface area contributed by atoms with Gasteiger partial charge in [-0.15, -0.1) is 0 Å². The van der Waals surface area contributed by atoms with Crippen molar-refractivity contribution in [2.24, 2.45) is 5.41 Å². The molecule has 3 heterocycles. The van der Waals surface area contributed by atoms with E-state index >= 15 is 0 Å². The fraction of sp³-hybridized carbons (Fsp3) is 0.667. The SMILES string of the molecule is COC(=O)c1ccc(N2CCCC3(CCN([C@H]4CC[C@H](O)CC4)C3=O)C2)nc1. The lowest BCUT2D eigenvalue weighted by Crippen LogP contribution is -2.50. The number of aromatic nitrogens is 1. The van der Waals surface area contributed by atoms with E-state index in [1.807, 2.05) is 6.07 Å². The third kappa shape index (κ3) is 3.48. The number of methoxy groups -OCH3 is 1. The molecule has 1 saturated carbocycles. The fourth-order valence-electron chi connectivity index (χ4n) is 5.08. The smallest absolute Gasteiger partial charge is 0.339 e. The number of pyridine rings is 1. The Morgan fingerprint density at radius 2 is 2.00 bits per heavy atom. The highest BCUT2D eigenvalue weighted by Crippen LogP contribution is 2.43. The molecule has 3 fully saturated rings. The number of amides is 1. The molecule has 1 atom stereocenters. The molecule has 0 radical (unpaired) electrons. The predicted molar refractivity (Wildman–Crippen MR) is 104 cm³/mol. The molecular weight excluding hydrogens is 358 g/mol. The van der Waals surface area contributed by atoms with Crippen molar-refractivity contribution in [2.45, 2.75) is 57.1 Å². The standard InChI is InChI=1S/C21H29N3O4/c1-28-19(26)15-3-8-18(22-13-15)23-11-2-9-21(14-23)10-12-24(20(21)27)16-4-6-17(25)7-5-16/h3,8,13,16-17,25H,2,4-7,9-12,14H2,1H3/t16-,17-,21?. The Morgan fingerprint density at radius 1 is 1.21 bits per heavy atom. The summed E-state index contributed by atoms with van der Waals surface area (Å²) in [5, 5.41) is 9.76. The molecule has 1 spiro atoms. The fourth-order valence-corrected chi connectivity index (χ4v) is 5.08. The van der Waals surface area contributed by atoms with Gasteiger partial charge in [0.15, 0.2) is 0 Å². The van der Waals surface area contributed by atoms with E-state index in [0.717, 1.165) is 63.9 Å².